The number of anilines is 5. The van der Waals surface area contributed by atoms with Crippen LogP contribution in [-0.2, 0) is 10.8 Å². The van der Waals surface area contributed by atoms with Crippen molar-refractivity contribution < 1.29 is 0 Å². The molecule has 3 aliphatic heterocycles. The molecule has 0 saturated carbocycles. The quantitative estimate of drug-likeness (QED) is 0.166. The van der Waals surface area contributed by atoms with Crippen molar-refractivity contribution in [2.45, 2.75) is 118 Å². The van der Waals surface area contributed by atoms with Crippen LogP contribution in [0.4, 0.5) is 28.4 Å². The lowest BCUT2D eigenvalue weighted by Crippen LogP contribution is -2.40. The Morgan fingerprint density at radius 1 is 0.426 bits per heavy atom. The summed E-state index contributed by atoms with van der Waals surface area (Å²) >= 11 is 0. The van der Waals surface area contributed by atoms with Crippen LogP contribution < -0.4 is 14.7 Å². The number of fused-ring (bicyclic) bond motifs is 4. The first kappa shape index (κ1) is 36.5. The summed E-state index contributed by atoms with van der Waals surface area (Å²) in [5, 5.41) is 0. The van der Waals surface area contributed by atoms with Crippen molar-refractivity contribution in [2.24, 2.45) is 0 Å². The molecule has 0 atom stereocenters. The van der Waals surface area contributed by atoms with Crippen LogP contribution in [0.3, 0.4) is 0 Å². The standard InChI is InChI=1S/C51H60N3/c1-31(2)36-19-17-20-37(32(3)4)46(36)52-27-28-53(47-38(33(5)6)21-18-22-39(47)34(7)8)49(52)35-29-42-48-43(30-35)51(11,12)41-24-14-16-26-45(41)54(48)44-25-15-13-23-40(44)50(42,9)10/h13-26,29-34H,27-28H2,1-12H3. The van der Waals surface area contributed by atoms with Gasteiger partial charge in [0.05, 0.1) is 17.1 Å². The van der Waals surface area contributed by atoms with E-state index in [1.165, 1.54) is 84.7 Å². The molecule has 5 aromatic rings. The van der Waals surface area contributed by atoms with E-state index < -0.39 is 0 Å². The van der Waals surface area contributed by atoms with E-state index in [4.69, 9.17) is 0 Å². The van der Waals surface area contributed by atoms with E-state index in [-0.39, 0.29) is 10.8 Å². The highest BCUT2D eigenvalue weighted by Crippen LogP contribution is 2.61. The van der Waals surface area contributed by atoms with Gasteiger partial charge < -0.3 is 14.7 Å². The fourth-order valence-corrected chi connectivity index (χ4v) is 9.96. The molecule has 1 fully saturated rings. The third-order valence-electron chi connectivity index (χ3n) is 12.9. The van der Waals surface area contributed by atoms with Gasteiger partial charge in [-0.3, -0.25) is 0 Å². The molecular weight excluding hydrogens is 655 g/mol. The maximum Gasteiger partial charge on any atom is 0.187 e. The van der Waals surface area contributed by atoms with Crippen LogP contribution in [0.5, 0.6) is 0 Å². The average Bonchev–Trinajstić information content (AvgIpc) is 3.58. The molecule has 8 rings (SSSR count). The highest BCUT2D eigenvalue weighted by atomic mass is 15.4. The van der Waals surface area contributed by atoms with Gasteiger partial charge in [-0.1, -0.05) is 156 Å². The molecule has 3 heteroatoms. The molecule has 1 saturated heterocycles. The van der Waals surface area contributed by atoms with Crippen molar-refractivity contribution in [3.63, 3.8) is 0 Å². The molecule has 3 heterocycles. The van der Waals surface area contributed by atoms with Crippen LogP contribution in [0, 0.1) is 6.17 Å². The maximum absolute atomic E-state index is 2.73. The van der Waals surface area contributed by atoms with E-state index in [0.717, 1.165) is 13.1 Å². The lowest BCUT2D eigenvalue weighted by molar-refractivity contribution is 0.595. The minimum atomic E-state index is -0.206. The fraction of sp³-hybridized carbons (Fsp3) is 0.392. The molecule has 0 N–H and O–H groups in total. The monoisotopic (exact) mass is 714 g/mol. The molecule has 1 radical (unpaired) electrons. The highest BCUT2D eigenvalue weighted by molar-refractivity contribution is 5.93. The van der Waals surface area contributed by atoms with Crippen LogP contribution in [0.25, 0.3) is 0 Å². The summed E-state index contributed by atoms with van der Waals surface area (Å²) in [5.41, 5.74) is 18.9. The largest absolute Gasteiger partial charge is 0.339 e. The van der Waals surface area contributed by atoms with E-state index in [1.807, 2.05) is 0 Å². The van der Waals surface area contributed by atoms with Gasteiger partial charge in [-0.2, -0.15) is 0 Å². The molecular formula is C51H60N3. The molecule has 54 heavy (non-hydrogen) atoms. The third-order valence-corrected chi connectivity index (χ3v) is 12.9. The third kappa shape index (κ3) is 5.35. The summed E-state index contributed by atoms with van der Waals surface area (Å²) in [6, 6.07) is 37.5. The Morgan fingerprint density at radius 3 is 1.13 bits per heavy atom. The summed E-state index contributed by atoms with van der Waals surface area (Å²) in [5.74, 6) is 1.58. The van der Waals surface area contributed by atoms with Crippen molar-refractivity contribution in [2.75, 3.05) is 27.8 Å². The number of para-hydroxylation sites is 4. The number of benzene rings is 5. The second kappa shape index (κ2) is 13.1. The fourth-order valence-electron chi connectivity index (χ4n) is 9.96. The number of rotatable bonds is 7. The smallest absolute Gasteiger partial charge is 0.187 e. The van der Waals surface area contributed by atoms with Crippen molar-refractivity contribution in [1.29, 1.82) is 0 Å². The van der Waals surface area contributed by atoms with Crippen molar-refractivity contribution >= 4 is 28.4 Å². The van der Waals surface area contributed by atoms with Gasteiger partial charge in [0.15, 0.2) is 6.17 Å². The van der Waals surface area contributed by atoms with E-state index in [0.29, 0.717) is 23.7 Å². The Labute approximate surface area is 326 Å². The minimum absolute atomic E-state index is 0.206. The molecule has 3 nitrogen and oxygen atoms in total. The Morgan fingerprint density at radius 2 is 0.778 bits per heavy atom. The molecule has 279 valence electrons. The zero-order valence-electron chi connectivity index (χ0n) is 34.8. The average molecular weight is 715 g/mol. The summed E-state index contributed by atoms with van der Waals surface area (Å²) in [6.45, 7) is 30.5. The summed E-state index contributed by atoms with van der Waals surface area (Å²) < 4.78 is 0. The lowest BCUT2D eigenvalue weighted by atomic mass is 9.66. The van der Waals surface area contributed by atoms with Gasteiger partial charge in [-0.15, -0.1) is 0 Å². The zero-order chi connectivity index (χ0) is 38.4. The van der Waals surface area contributed by atoms with Crippen LogP contribution in [-0.4, -0.2) is 13.1 Å². The normalized spacial score (nSPS) is 17.1. The van der Waals surface area contributed by atoms with Gasteiger partial charge in [0.2, 0.25) is 0 Å². The molecule has 0 bridgehead atoms. The molecule has 0 spiro atoms. The first-order valence-electron chi connectivity index (χ1n) is 20.5. The number of hydrogen-bond donors (Lipinski definition) is 0. The Balaban J connectivity index is 1.47. The van der Waals surface area contributed by atoms with Crippen LogP contribution in [0.15, 0.2) is 97.1 Å². The molecule has 0 unspecified atom stereocenters. The summed E-state index contributed by atoms with van der Waals surface area (Å²) in [6.07, 6.45) is 1.31. The molecule has 3 aliphatic rings. The first-order valence-corrected chi connectivity index (χ1v) is 20.5. The van der Waals surface area contributed by atoms with E-state index in [2.05, 4.69) is 195 Å². The van der Waals surface area contributed by atoms with Gasteiger partial charge >= 0.3 is 0 Å². The Bertz CT molecular complexity index is 2030. The predicted octanol–water partition coefficient (Wildman–Crippen LogP) is 13.8. The summed E-state index contributed by atoms with van der Waals surface area (Å²) in [7, 11) is 0. The predicted molar refractivity (Wildman–Crippen MR) is 232 cm³/mol. The van der Waals surface area contributed by atoms with Crippen LogP contribution in [0.1, 0.15) is 157 Å². The Kier molecular flexibility index (Phi) is 8.83. The summed E-state index contributed by atoms with van der Waals surface area (Å²) in [4.78, 5) is 8.04. The molecule has 0 aromatic heterocycles. The van der Waals surface area contributed by atoms with Crippen molar-refractivity contribution in [3.05, 3.63) is 153 Å². The van der Waals surface area contributed by atoms with Gasteiger partial charge in [0.1, 0.15) is 0 Å². The second-order valence-electron chi connectivity index (χ2n) is 18.4. The molecule has 0 amide bonds. The maximum atomic E-state index is 2.73. The first-order chi connectivity index (χ1) is 25.7. The van der Waals surface area contributed by atoms with Gasteiger partial charge in [0.25, 0.3) is 0 Å². The van der Waals surface area contributed by atoms with E-state index in [1.54, 1.807) is 0 Å². The van der Waals surface area contributed by atoms with Crippen molar-refractivity contribution in [1.82, 2.24) is 0 Å². The molecule has 5 aromatic carbocycles. The molecule has 0 aliphatic carbocycles. The lowest BCUT2D eigenvalue weighted by Gasteiger charge is -2.50. The number of nitrogens with zero attached hydrogens (tertiary/aromatic N) is 3. The van der Waals surface area contributed by atoms with Crippen LogP contribution >= 0.6 is 0 Å². The second-order valence-corrected chi connectivity index (χ2v) is 18.4. The SMILES string of the molecule is CC(C)c1cccc(C(C)C)c1N1CCN(c2c(C(C)C)cccc2C(C)C)[C]1c1cc2c3c(c1)C(C)(C)c1ccccc1N3c1ccccc1C2(C)C. The Hall–Kier alpha value is -4.50. The minimum Gasteiger partial charge on any atom is -0.339 e. The van der Waals surface area contributed by atoms with Crippen molar-refractivity contribution in [3.8, 4) is 0 Å². The van der Waals surface area contributed by atoms with Gasteiger partial charge in [0, 0.05) is 40.9 Å². The van der Waals surface area contributed by atoms with Crippen LogP contribution in [0.2, 0.25) is 0 Å². The van der Waals surface area contributed by atoms with Gasteiger partial charge in [-0.25, -0.2) is 0 Å². The zero-order valence-corrected chi connectivity index (χ0v) is 34.8. The van der Waals surface area contributed by atoms with E-state index >= 15 is 0 Å². The number of hydrogen-bond acceptors (Lipinski definition) is 3. The van der Waals surface area contributed by atoms with Gasteiger partial charge in [-0.05, 0) is 92.4 Å². The van der Waals surface area contributed by atoms with E-state index in [9.17, 15) is 0 Å². The topological polar surface area (TPSA) is 9.72 Å². The highest BCUT2D eigenvalue weighted by Gasteiger charge is 2.48.